The molecule has 1 aromatic rings. The average molecular weight is 245 g/mol. The van der Waals surface area contributed by atoms with Gasteiger partial charge in [0.2, 0.25) is 10.0 Å². The van der Waals surface area contributed by atoms with Crippen LogP contribution < -0.4 is 0 Å². The lowest BCUT2D eigenvalue weighted by atomic mass is 10.0. The van der Waals surface area contributed by atoms with Crippen LogP contribution in [0.4, 0.5) is 4.39 Å². The number of aliphatic hydroxyl groups is 1. The van der Waals surface area contributed by atoms with E-state index in [1.54, 1.807) is 6.92 Å². The zero-order chi connectivity index (χ0) is 12.0. The second-order valence-corrected chi connectivity index (χ2v) is 6.16. The highest BCUT2D eigenvalue weighted by molar-refractivity contribution is 7.89. The molecule has 0 bridgehead atoms. The molecule has 1 aliphatic heterocycles. The fourth-order valence-electron chi connectivity index (χ4n) is 1.64. The number of β-amino-alcohol motifs (C(OH)–C–C–N with tert-alkyl or cyclic N) is 1. The summed E-state index contributed by atoms with van der Waals surface area (Å²) < 4.78 is 37.6. The van der Waals surface area contributed by atoms with Gasteiger partial charge in [-0.2, -0.15) is 4.31 Å². The van der Waals surface area contributed by atoms with Crippen molar-refractivity contribution < 1.29 is 17.9 Å². The minimum atomic E-state index is -3.58. The Bertz CT molecular complexity index is 487. The summed E-state index contributed by atoms with van der Waals surface area (Å²) in [6.45, 7) is 1.73. The van der Waals surface area contributed by atoms with E-state index in [1.807, 2.05) is 0 Å². The lowest BCUT2D eigenvalue weighted by Crippen LogP contribution is -2.61. The molecule has 6 heteroatoms. The fourth-order valence-corrected chi connectivity index (χ4v) is 3.31. The molecule has 1 fully saturated rings. The SMILES string of the molecule is CC1(O)CN(S(=O)(=O)c2ccc(F)cc2)C1. The molecule has 0 spiro atoms. The van der Waals surface area contributed by atoms with E-state index >= 15 is 0 Å². The van der Waals surface area contributed by atoms with Crippen LogP contribution in [0.2, 0.25) is 0 Å². The van der Waals surface area contributed by atoms with Crippen molar-refractivity contribution in [1.82, 2.24) is 4.31 Å². The number of halogens is 1. The van der Waals surface area contributed by atoms with Gasteiger partial charge < -0.3 is 5.11 Å². The molecule has 1 aliphatic rings. The average Bonchev–Trinajstić information content (AvgIpc) is 2.14. The molecule has 0 aliphatic carbocycles. The normalized spacial score (nSPS) is 20.4. The molecule has 0 amide bonds. The van der Waals surface area contributed by atoms with Crippen LogP contribution in [0, 0.1) is 5.82 Å². The van der Waals surface area contributed by atoms with Crippen molar-refractivity contribution in [1.29, 1.82) is 0 Å². The molecule has 0 aromatic heterocycles. The third-order valence-electron chi connectivity index (χ3n) is 2.49. The minimum Gasteiger partial charge on any atom is -0.387 e. The van der Waals surface area contributed by atoms with E-state index in [0.717, 1.165) is 12.1 Å². The van der Waals surface area contributed by atoms with Gasteiger partial charge in [0.15, 0.2) is 0 Å². The predicted molar refractivity (Wildman–Crippen MR) is 55.8 cm³/mol. The summed E-state index contributed by atoms with van der Waals surface area (Å²) in [6.07, 6.45) is 0. The summed E-state index contributed by atoms with van der Waals surface area (Å²) in [5.74, 6) is -0.477. The molecule has 0 unspecified atom stereocenters. The standard InChI is InChI=1S/C10H12FNO3S/c1-10(13)6-12(7-10)16(14,15)9-4-2-8(11)3-5-9/h2-5,13H,6-7H2,1H3. The number of benzene rings is 1. The van der Waals surface area contributed by atoms with Gasteiger partial charge in [-0.05, 0) is 31.2 Å². The largest absolute Gasteiger partial charge is 0.387 e. The van der Waals surface area contributed by atoms with Gasteiger partial charge in [0, 0.05) is 13.1 Å². The molecule has 4 nitrogen and oxygen atoms in total. The van der Waals surface area contributed by atoms with Gasteiger partial charge in [0.25, 0.3) is 0 Å². The van der Waals surface area contributed by atoms with Crippen molar-refractivity contribution in [2.75, 3.05) is 13.1 Å². The Labute approximate surface area is 93.4 Å². The molecule has 0 saturated carbocycles. The van der Waals surface area contributed by atoms with Crippen LogP contribution in [0.25, 0.3) is 0 Å². The minimum absolute atomic E-state index is 0.0457. The van der Waals surface area contributed by atoms with E-state index in [0.29, 0.717) is 0 Å². The third kappa shape index (κ3) is 1.95. The zero-order valence-electron chi connectivity index (χ0n) is 8.72. The van der Waals surface area contributed by atoms with Crippen LogP contribution in [-0.2, 0) is 10.0 Å². The van der Waals surface area contributed by atoms with E-state index in [2.05, 4.69) is 0 Å². The van der Waals surface area contributed by atoms with Crippen LogP contribution in [0.3, 0.4) is 0 Å². The highest BCUT2D eigenvalue weighted by atomic mass is 32.2. The van der Waals surface area contributed by atoms with Crippen molar-refractivity contribution in [2.45, 2.75) is 17.4 Å². The Hall–Kier alpha value is -0.980. The molecule has 1 heterocycles. The summed E-state index contributed by atoms with van der Waals surface area (Å²) in [6, 6.07) is 4.64. The third-order valence-corrected chi connectivity index (χ3v) is 4.29. The summed E-state index contributed by atoms with van der Waals surface area (Å²) in [7, 11) is -3.58. The summed E-state index contributed by atoms with van der Waals surface area (Å²) in [5.41, 5.74) is -0.951. The van der Waals surface area contributed by atoms with Gasteiger partial charge >= 0.3 is 0 Å². The maximum absolute atomic E-state index is 12.6. The quantitative estimate of drug-likeness (QED) is 0.829. The maximum Gasteiger partial charge on any atom is 0.243 e. The van der Waals surface area contributed by atoms with Crippen molar-refractivity contribution in [3.8, 4) is 0 Å². The molecule has 0 radical (unpaired) electrons. The fraction of sp³-hybridized carbons (Fsp3) is 0.400. The van der Waals surface area contributed by atoms with Crippen LogP contribution in [-0.4, -0.2) is 36.5 Å². The second-order valence-electron chi connectivity index (χ2n) is 4.22. The molecule has 88 valence electrons. The van der Waals surface area contributed by atoms with Gasteiger partial charge in [0.05, 0.1) is 10.5 Å². The Morgan fingerprint density at radius 2 is 1.81 bits per heavy atom. The van der Waals surface area contributed by atoms with Gasteiger partial charge in [0.1, 0.15) is 5.82 Å². The monoisotopic (exact) mass is 245 g/mol. The first-order valence-electron chi connectivity index (χ1n) is 4.79. The van der Waals surface area contributed by atoms with E-state index in [-0.39, 0.29) is 18.0 Å². The lowest BCUT2D eigenvalue weighted by Gasteiger charge is -2.42. The first-order valence-corrected chi connectivity index (χ1v) is 6.23. The molecule has 1 aromatic carbocycles. The number of hydrogen-bond donors (Lipinski definition) is 1. The first-order chi connectivity index (χ1) is 7.31. The molecule has 16 heavy (non-hydrogen) atoms. The van der Waals surface area contributed by atoms with Crippen LogP contribution in [0.15, 0.2) is 29.2 Å². The summed E-state index contributed by atoms with van der Waals surface area (Å²) >= 11 is 0. The van der Waals surface area contributed by atoms with Gasteiger partial charge in [-0.1, -0.05) is 0 Å². The highest BCUT2D eigenvalue weighted by Crippen LogP contribution is 2.27. The van der Waals surface area contributed by atoms with Gasteiger partial charge in [-0.25, -0.2) is 12.8 Å². The van der Waals surface area contributed by atoms with Crippen molar-refractivity contribution in [3.05, 3.63) is 30.1 Å². The van der Waals surface area contributed by atoms with Crippen molar-refractivity contribution in [2.24, 2.45) is 0 Å². The van der Waals surface area contributed by atoms with Crippen molar-refractivity contribution in [3.63, 3.8) is 0 Å². The van der Waals surface area contributed by atoms with Gasteiger partial charge in [-0.15, -0.1) is 0 Å². The second kappa shape index (κ2) is 3.51. The molecule has 2 rings (SSSR count). The Kier molecular flexibility index (Phi) is 2.52. The van der Waals surface area contributed by atoms with Gasteiger partial charge in [-0.3, -0.25) is 0 Å². The van der Waals surface area contributed by atoms with E-state index < -0.39 is 21.4 Å². The first kappa shape index (κ1) is 11.5. The molecular formula is C10H12FNO3S. The van der Waals surface area contributed by atoms with Crippen LogP contribution in [0.1, 0.15) is 6.92 Å². The van der Waals surface area contributed by atoms with Crippen molar-refractivity contribution >= 4 is 10.0 Å². The summed E-state index contributed by atoms with van der Waals surface area (Å²) in [4.78, 5) is 0.0457. The Morgan fingerprint density at radius 1 is 1.31 bits per heavy atom. The Balaban J connectivity index is 2.24. The van der Waals surface area contributed by atoms with E-state index in [9.17, 15) is 17.9 Å². The number of nitrogens with zero attached hydrogens (tertiary/aromatic N) is 1. The molecule has 1 N–H and O–H groups in total. The van der Waals surface area contributed by atoms with Crippen LogP contribution >= 0.6 is 0 Å². The number of rotatable bonds is 2. The summed E-state index contributed by atoms with van der Waals surface area (Å²) in [5, 5.41) is 9.47. The van der Waals surface area contributed by atoms with Crippen LogP contribution in [0.5, 0.6) is 0 Å². The highest BCUT2D eigenvalue weighted by Gasteiger charge is 2.43. The zero-order valence-corrected chi connectivity index (χ0v) is 9.54. The molecular weight excluding hydrogens is 233 g/mol. The Morgan fingerprint density at radius 3 is 2.25 bits per heavy atom. The smallest absolute Gasteiger partial charge is 0.243 e. The lowest BCUT2D eigenvalue weighted by molar-refractivity contribution is -0.0426. The predicted octanol–water partition coefficient (Wildman–Crippen LogP) is 0.581. The molecule has 0 atom stereocenters. The number of sulfonamides is 1. The van der Waals surface area contributed by atoms with E-state index in [4.69, 9.17) is 0 Å². The number of hydrogen-bond acceptors (Lipinski definition) is 3. The topological polar surface area (TPSA) is 57.6 Å². The maximum atomic E-state index is 12.6. The van der Waals surface area contributed by atoms with E-state index in [1.165, 1.54) is 16.4 Å². The molecule has 1 saturated heterocycles.